The molecule has 0 spiro atoms. The van der Waals surface area contributed by atoms with Crippen LogP contribution >= 0.6 is 0 Å². The van der Waals surface area contributed by atoms with E-state index >= 15 is 0 Å². The van der Waals surface area contributed by atoms with E-state index < -0.39 is 10.1 Å². The maximum atomic E-state index is 12.2. The summed E-state index contributed by atoms with van der Waals surface area (Å²) < 4.78 is 28.4. The van der Waals surface area contributed by atoms with Crippen molar-refractivity contribution in [2.75, 3.05) is 32.0 Å². The van der Waals surface area contributed by atoms with Gasteiger partial charge in [0.2, 0.25) is 0 Å². The fraction of sp³-hybridized carbons (Fsp3) is 0.412. The van der Waals surface area contributed by atoms with Crippen LogP contribution in [0.1, 0.15) is 17.5 Å². The van der Waals surface area contributed by atoms with Crippen LogP contribution in [0.2, 0.25) is 0 Å². The van der Waals surface area contributed by atoms with Crippen LogP contribution in [0, 0.1) is 0 Å². The summed E-state index contributed by atoms with van der Waals surface area (Å²) in [6.07, 6.45) is 2.15. The fourth-order valence-electron chi connectivity index (χ4n) is 3.11. The first-order valence-electron chi connectivity index (χ1n) is 8.27. The van der Waals surface area contributed by atoms with Crippen LogP contribution in [0.15, 0.2) is 29.1 Å². The Morgan fingerprint density at radius 2 is 2.12 bits per heavy atom. The first-order valence-corrected chi connectivity index (χ1v) is 10.1. The first-order chi connectivity index (χ1) is 12.2. The van der Waals surface area contributed by atoms with Crippen molar-refractivity contribution in [3.05, 3.63) is 45.7 Å². The normalized spacial score (nSPS) is 14.5. The Morgan fingerprint density at radius 1 is 1.35 bits per heavy atom. The molecule has 2 aromatic rings. The minimum absolute atomic E-state index is 0.324. The molecule has 0 fully saturated rings. The summed E-state index contributed by atoms with van der Waals surface area (Å²) in [5.74, 6) is 0. The van der Waals surface area contributed by atoms with Gasteiger partial charge in [-0.2, -0.15) is 13.5 Å². The molecule has 26 heavy (non-hydrogen) atoms. The Labute approximate surface area is 152 Å². The lowest BCUT2D eigenvalue weighted by atomic mass is 9.99. The van der Waals surface area contributed by atoms with E-state index in [0.29, 0.717) is 36.3 Å². The van der Waals surface area contributed by atoms with Crippen molar-refractivity contribution < 1.29 is 12.7 Å². The Morgan fingerprint density at radius 3 is 2.81 bits per heavy atom. The van der Waals surface area contributed by atoms with Gasteiger partial charge in [-0.05, 0) is 38.6 Å². The maximum Gasteiger partial charge on any atom is 0.285 e. The van der Waals surface area contributed by atoms with Crippen LogP contribution in [0.3, 0.4) is 0 Å². The molecule has 0 aliphatic carbocycles. The Balaban J connectivity index is 2.13. The van der Waals surface area contributed by atoms with Gasteiger partial charge in [-0.25, -0.2) is 10.2 Å². The fourth-order valence-corrected chi connectivity index (χ4v) is 3.59. The molecule has 3 rings (SSSR count). The number of benzene rings is 1. The van der Waals surface area contributed by atoms with E-state index in [1.807, 2.05) is 43.3 Å². The molecule has 0 unspecified atom stereocenters. The van der Waals surface area contributed by atoms with Crippen molar-refractivity contribution in [1.82, 2.24) is 15.1 Å². The number of aromatic amines is 1. The van der Waals surface area contributed by atoms with Crippen LogP contribution in [0.5, 0.6) is 0 Å². The summed E-state index contributed by atoms with van der Waals surface area (Å²) >= 11 is 0. The van der Waals surface area contributed by atoms with Gasteiger partial charge in [0.05, 0.1) is 6.26 Å². The lowest BCUT2D eigenvalue weighted by Crippen LogP contribution is -2.35. The zero-order chi connectivity index (χ0) is 18.9. The van der Waals surface area contributed by atoms with Gasteiger partial charge in [0.15, 0.2) is 0 Å². The number of hydroxylamine groups is 1. The molecule has 1 aliphatic heterocycles. The number of anilines is 1. The number of H-pyrrole nitrogens is 1. The molecule has 1 aromatic carbocycles. The van der Waals surface area contributed by atoms with E-state index in [1.54, 1.807) is 0 Å². The van der Waals surface area contributed by atoms with Crippen LogP contribution in [-0.2, 0) is 27.4 Å². The van der Waals surface area contributed by atoms with Gasteiger partial charge in [-0.15, -0.1) is 4.28 Å². The SMILES string of the molecule is CN(C)Cc1cccc(-c2n[nH]c(=O)c3c2N(OS(C)(=O)=O)CCC3)c1. The van der Waals surface area contributed by atoms with Gasteiger partial charge in [0.1, 0.15) is 11.4 Å². The Hall–Kier alpha value is -2.23. The van der Waals surface area contributed by atoms with Gasteiger partial charge in [-0.1, -0.05) is 18.2 Å². The van der Waals surface area contributed by atoms with Crippen molar-refractivity contribution in [3.8, 4) is 11.3 Å². The second-order valence-electron chi connectivity index (χ2n) is 6.65. The van der Waals surface area contributed by atoms with Crippen molar-refractivity contribution in [2.45, 2.75) is 19.4 Å². The summed E-state index contributed by atoms with van der Waals surface area (Å²) in [6.45, 7) is 1.12. The zero-order valence-electron chi connectivity index (χ0n) is 15.0. The molecule has 0 atom stereocenters. The number of nitrogens with one attached hydrogen (secondary N) is 1. The topological polar surface area (TPSA) is 95.6 Å². The third-order valence-corrected chi connectivity index (χ3v) is 4.47. The third-order valence-electron chi connectivity index (χ3n) is 4.02. The highest BCUT2D eigenvalue weighted by Crippen LogP contribution is 2.34. The summed E-state index contributed by atoms with van der Waals surface area (Å²) in [7, 11) is 0.238. The molecule has 140 valence electrons. The summed E-state index contributed by atoms with van der Waals surface area (Å²) in [5, 5.41) is 7.99. The molecule has 0 radical (unpaired) electrons. The summed E-state index contributed by atoms with van der Waals surface area (Å²) in [5.41, 5.74) is 2.97. The highest BCUT2D eigenvalue weighted by Gasteiger charge is 2.28. The molecule has 0 saturated carbocycles. The largest absolute Gasteiger partial charge is 0.305 e. The van der Waals surface area contributed by atoms with Gasteiger partial charge in [0, 0.05) is 24.2 Å². The van der Waals surface area contributed by atoms with E-state index in [2.05, 4.69) is 10.2 Å². The molecule has 0 amide bonds. The number of fused-ring (bicyclic) bond motifs is 1. The van der Waals surface area contributed by atoms with Crippen LogP contribution in [0.4, 0.5) is 5.69 Å². The van der Waals surface area contributed by atoms with Crippen molar-refractivity contribution in [3.63, 3.8) is 0 Å². The second-order valence-corrected chi connectivity index (χ2v) is 8.21. The Bertz CT molecular complexity index is 969. The van der Waals surface area contributed by atoms with E-state index in [0.717, 1.165) is 23.9 Å². The predicted octanol–water partition coefficient (Wildman–Crippen LogP) is 1.14. The minimum atomic E-state index is -3.72. The van der Waals surface area contributed by atoms with E-state index in [9.17, 15) is 13.2 Å². The third kappa shape index (κ3) is 4.12. The quantitative estimate of drug-likeness (QED) is 0.833. The number of aromatic nitrogens is 2. The van der Waals surface area contributed by atoms with Crippen LogP contribution < -0.4 is 10.6 Å². The molecule has 8 nitrogen and oxygen atoms in total. The maximum absolute atomic E-state index is 12.2. The van der Waals surface area contributed by atoms with Crippen molar-refractivity contribution in [1.29, 1.82) is 0 Å². The van der Waals surface area contributed by atoms with Gasteiger partial charge in [-0.3, -0.25) is 4.79 Å². The Kier molecular flexibility index (Phi) is 5.12. The second kappa shape index (κ2) is 7.18. The first kappa shape index (κ1) is 18.6. The highest BCUT2D eigenvalue weighted by molar-refractivity contribution is 7.86. The number of hydrogen-bond acceptors (Lipinski definition) is 7. The van der Waals surface area contributed by atoms with E-state index in [1.165, 1.54) is 5.06 Å². The number of hydrogen-bond donors (Lipinski definition) is 1. The molecule has 1 aliphatic rings. The van der Waals surface area contributed by atoms with E-state index in [4.69, 9.17) is 4.28 Å². The molecule has 0 saturated heterocycles. The average Bonchev–Trinajstić information content (AvgIpc) is 2.54. The molecule has 1 aromatic heterocycles. The molecular weight excluding hydrogens is 356 g/mol. The molecular formula is C17H22N4O4S. The lowest BCUT2D eigenvalue weighted by Gasteiger charge is -2.29. The van der Waals surface area contributed by atoms with Gasteiger partial charge in [0.25, 0.3) is 15.7 Å². The summed E-state index contributed by atoms with van der Waals surface area (Å²) in [4.78, 5) is 14.3. The predicted molar refractivity (Wildman–Crippen MR) is 99.3 cm³/mol. The monoisotopic (exact) mass is 378 g/mol. The number of rotatable bonds is 5. The standard InChI is InChI=1S/C17H22N4O4S/c1-20(2)11-12-6-4-7-13(10-12)15-16-14(17(22)19-18-15)8-5-9-21(16)25-26(3,23)24/h4,6-7,10H,5,8-9,11H2,1-3H3,(H,19,22). The zero-order valence-corrected chi connectivity index (χ0v) is 15.8. The lowest BCUT2D eigenvalue weighted by molar-refractivity contribution is 0.277. The smallest absolute Gasteiger partial charge is 0.285 e. The van der Waals surface area contributed by atoms with Gasteiger partial charge >= 0.3 is 0 Å². The van der Waals surface area contributed by atoms with Crippen LogP contribution in [-0.4, -0.2) is 50.4 Å². The average molecular weight is 378 g/mol. The molecule has 9 heteroatoms. The molecule has 1 N–H and O–H groups in total. The summed E-state index contributed by atoms with van der Waals surface area (Å²) in [6, 6.07) is 7.78. The van der Waals surface area contributed by atoms with E-state index in [-0.39, 0.29) is 5.56 Å². The van der Waals surface area contributed by atoms with Crippen molar-refractivity contribution in [2.24, 2.45) is 0 Å². The minimum Gasteiger partial charge on any atom is -0.305 e. The van der Waals surface area contributed by atoms with Crippen LogP contribution in [0.25, 0.3) is 11.3 Å². The highest BCUT2D eigenvalue weighted by atomic mass is 32.2. The molecule has 0 bridgehead atoms. The van der Waals surface area contributed by atoms with Gasteiger partial charge < -0.3 is 4.90 Å². The van der Waals surface area contributed by atoms with Crippen molar-refractivity contribution >= 4 is 15.8 Å². The number of nitrogens with zero attached hydrogens (tertiary/aromatic N) is 3. The molecule has 2 heterocycles.